The fourth-order valence-electron chi connectivity index (χ4n) is 2.98. The van der Waals surface area contributed by atoms with Crippen molar-refractivity contribution in [3.63, 3.8) is 0 Å². The summed E-state index contributed by atoms with van der Waals surface area (Å²) in [6, 6.07) is 0.336. The molecule has 2 aliphatic rings. The molecule has 1 amide bonds. The van der Waals surface area contributed by atoms with Gasteiger partial charge in [-0.2, -0.15) is 0 Å². The average Bonchev–Trinajstić information content (AvgIpc) is 2.52. The number of alkyl halides is 2. The Bertz CT molecular complexity index is 554. The Balaban J connectivity index is 1.40. The van der Waals surface area contributed by atoms with E-state index in [0.717, 1.165) is 17.3 Å². The first-order valence-electron chi connectivity index (χ1n) is 7.70. The lowest BCUT2D eigenvalue weighted by Gasteiger charge is -2.39. The highest BCUT2D eigenvalue weighted by Crippen LogP contribution is 2.43. The van der Waals surface area contributed by atoms with Gasteiger partial charge in [-0.05, 0) is 34.7 Å². The zero-order chi connectivity index (χ0) is 16.4. The van der Waals surface area contributed by atoms with Gasteiger partial charge in [0, 0.05) is 44.2 Å². The van der Waals surface area contributed by atoms with E-state index in [-0.39, 0.29) is 18.7 Å². The van der Waals surface area contributed by atoms with E-state index in [4.69, 9.17) is 4.74 Å². The molecule has 0 unspecified atom stereocenters. The average molecular weight is 390 g/mol. The van der Waals surface area contributed by atoms with Crippen molar-refractivity contribution in [3.05, 3.63) is 16.9 Å². The van der Waals surface area contributed by atoms with Crippen LogP contribution in [-0.4, -0.2) is 46.4 Å². The third-order valence-electron chi connectivity index (χ3n) is 4.41. The summed E-state index contributed by atoms with van der Waals surface area (Å²) in [5, 5.41) is 0. The Morgan fingerprint density at radius 1 is 1.30 bits per heavy atom. The molecule has 126 valence electrons. The van der Waals surface area contributed by atoms with Crippen molar-refractivity contribution in [2.45, 2.75) is 31.6 Å². The first-order chi connectivity index (χ1) is 10.9. The van der Waals surface area contributed by atoms with Crippen LogP contribution in [0.1, 0.15) is 25.7 Å². The maximum Gasteiger partial charge on any atom is 0.316 e. The first-order valence-corrected chi connectivity index (χ1v) is 8.49. The van der Waals surface area contributed by atoms with Crippen LogP contribution in [0, 0.1) is 11.8 Å². The van der Waals surface area contributed by atoms with Crippen LogP contribution >= 0.6 is 15.9 Å². The number of aromatic nitrogens is 2. The summed E-state index contributed by atoms with van der Waals surface area (Å²) >= 11 is 3.26. The van der Waals surface area contributed by atoms with E-state index in [9.17, 15) is 13.6 Å². The third-order valence-corrected chi connectivity index (χ3v) is 4.82. The van der Waals surface area contributed by atoms with E-state index >= 15 is 0 Å². The minimum absolute atomic E-state index is 0.119. The van der Waals surface area contributed by atoms with Gasteiger partial charge in [-0.15, -0.1) is 0 Å². The summed E-state index contributed by atoms with van der Waals surface area (Å²) in [4.78, 5) is 21.9. The molecule has 1 saturated heterocycles. The van der Waals surface area contributed by atoms with Gasteiger partial charge in [0.25, 0.3) is 0 Å². The molecule has 0 spiro atoms. The number of amides is 1. The molecule has 2 fully saturated rings. The van der Waals surface area contributed by atoms with Crippen molar-refractivity contribution in [2.75, 3.05) is 19.7 Å². The SMILES string of the molecule is O=C(C1CC(F)(F)C1)N1CCC(COc2ncc(Br)cn2)CC1. The number of halogens is 3. The maximum atomic E-state index is 12.9. The van der Waals surface area contributed by atoms with Crippen molar-refractivity contribution < 1.29 is 18.3 Å². The summed E-state index contributed by atoms with van der Waals surface area (Å²) < 4.78 is 32.1. The molecule has 0 bridgehead atoms. The number of hydrogen-bond donors (Lipinski definition) is 0. The van der Waals surface area contributed by atoms with Crippen LogP contribution in [0.4, 0.5) is 8.78 Å². The van der Waals surface area contributed by atoms with Crippen molar-refractivity contribution in [1.29, 1.82) is 0 Å². The van der Waals surface area contributed by atoms with Crippen LogP contribution < -0.4 is 4.74 Å². The number of carbonyl (C=O) groups excluding carboxylic acids is 1. The zero-order valence-electron chi connectivity index (χ0n) is 12.6. The van der Waals surface area contributed by atoms with Crippen LogP contribution in [0.5, 0.6) is 6.01 Å². The molecule has 5 nitrogen and oxygen atoms in total. The Labute approximate surface area is 141 Å². The quantitative estimate of drug-likeness (QED) is 0.794. The zero-order valence-corrected chi connectivity index (χ0v) is 14.1. The Morgan fingerprint density at radius 2 is 1.91 bits per heavy atom. The molecular weight excluding hydrogens is 372 g/mol. The van der Waals surface area contributed by atoms with Gasteiger partial charge in [0.1, 0.15) is 0 Å². The second kappa shape index (κ2) is 6.67. The van der Waals surface area contributed by atoms with Crippen molar-refractivity contribution in [3.8, 4) is 6.01 Å². The van der Waals surface area contributed by atoms with E-state index < -0.39 is 11.8 Å². The molecule has 0 N–H and O–H groups in total. The fraction of sp³-hybridized carbons (Fsp3) is 0.667. The number of piperidine rings is 1. The number of ether oxygens (including phenoxy) is 1. The Kier molecular flexibility index (Phi) is 4.79. The van der Waals surface area contributed by atoms with Gasteiger partial charge in [0.05, 0.1) is 11.1 Å². The number of carbonyl (C=O) groups is 1. The van der Waals surface area contributed by atoms with E-state index in [0.29, 0.717) is 31.6 Å². The molecule has 1 aliphatic heterocycles. The molecule has 1 aromatic rings. The second-order valence-electron chi connectivity index (χ2n) is 6.22. The lowest BCUT2D eigenvalue weighted by atomic mass is 9.80. The molecule has 1 saturated carbocycles. The molecule has 1 aromatic heterocycles. The van der Waals surface area contributed by atoms with Crippen LogP contribution in [-0.2, 0) is 4.79 Å². The van der Waals surface area contributed by atoms with Crippen molar-refractivity contribution in [2.24, 2.45) is 11.8 Å². The summed E-state index contributed by atoms with van der Waals surface area (Å²) in [6.45, 7) is 1.72. The lowest BCUT2D eigenvalue weighted by Crippen LogP contribution is -2.49. The van der Waals surface area contributed by atoms with Crippen LogP contribution in [0.2, 0.25) is 0 Å². The fourth-order valence-corrected chi connectivity index (χ4v) is 3.19. The van der Waals surface area contributed by atoms with E-state index in [1.807, 2.05) is 0 Å². The molecule has 8 heteroatoms. The summed E-state index contributed by atoms with van der Waals surface area (Å²) in [5.41, 5.74) is 0. The van der Waals surface area contributed by atoms with Gasteiger partial charge in [0.15, 0.2) is 0 Å². The van der Waals surface area contributed by atoms with Gasteiger partial charge in [0.2, 0.25) is 11.8 Å². The monoisotopic (exact) mass is 389 g/mol. The molecule has 23 heavy (non-hydrogen) atoms. The van der Waals surface area contributed by atoms with Crippen LogP contribution in [0.25, 0.3) is 0 Å². The van der Waals surface area contributed by atoms with Crippen LogP contribution in [0.15, 0.2) is 16.9 Å². The molecule has 0 aromatic carbocycles. The predicted molar refractivity (Wildman–Crippen MR) is 82.2 cm³/mol. The Hall–Kier alpha value is -1.31. The maximum absolute atomic E-state index is 12.9. The normalized spacial score (nSPS) is 21.8. The summed E-state index contributed by atoms with van der Waals surface area (Å²) in [6.07, 6.45) is 4.28. The first kappa shape index (κ1) is 16.5. The van der Waals surface area contributed by atoms with E-state index in [1.54, 1.807) is 17.3 Å². The number of hydrogen-bond acceptors (Lipinski definition) is 4. The standard InChI is InChI=1S/C15H18BrF2N3O2/c16-12-7-19-14(20-8-12)23-9-10-1-3-21(4-2-10)13(22)11-5-15(17,18)6-11/h7-8,10-11H,1-6,9H2. The van der Waals surface area contributed by atoms with E-state index in [1.165, 1.54) is 0 Å². The van der Waals surface area contributed by atoms with Crippen molar-refractivity contribution in [1.82, 2.24) is 14.9 Å². The van der Waals surface area contributed by atoms with E-state index in [2.05, 4.69) is 25.9 Å². The molecule has 0 atom stereocenters. The highest BCUT2D eigenvalue weighted by atomic mass is 79.9. The molecule has 1 aliphatic carbocycles. The molecule has 3 rings (SSSR count). The third kappa shape index (κ3) is 4.16. The highest BCUT2D eigenvalue weighted by molar-refractivity contribution is 9.10. The Morgan fingerprint density at radius 3 is 2.48 bits per heavy atom. The molecule has 0 radical (unpaired) electrons. The van der Waals surface area contributed by atoms with Crippen LogP contribution in [0.3, 0.4) is 0 Å². The topological polar surface area (TPSA) is 55.3 Å². The molecular formula is C15H18BrF2N3O2. The lowest BCUT2D eigenvalue weighted by molar-refractivity contribution is -0.161. The molecule has 2 heterocycles. The van der Waals surface area contributed by atoms with Crippen molar-refractivity contribution >= 4 is 21.8 Å². The minimum atomic E-state index is -2.64. The number of rotatable bonds is 4. The van der Waals surface area contributed by atoms with Gasteiger partial charge < -0.3 is 9.64 Å². The smallest absolute Gasteiger partial charge is 0.316 e. The predicted octanol–water partition coefficient (Wildman–Crippen LogP) is 2.90. The largest absolute Gasteiger partial charge is 0.463 e. The minimum Gasteiger partial charge on any atom is -0.463 e. The van der Waals surface area contributed by atoms with Gasteiger partial charge in [-0.3, -0.25) is 4.79 Å². The van der Waals surface area contributed by atoms with Gasteiger partial charge in [-0.1, -0.05) is 0 Å². The summed E-state index contributed by atoms with van der Waals surface area (Å²) in [5.74, 6) is -2.92. The highest BCUT2D eigenvalue weighted by Gasteiger charge is 2.49. The van der Waals surface area contributed by atoms with Gasteiger partial charge >= 0.3 is 6.01 Å². The number of likely N-dealkylation sites (tertiary alicyclic amines) is 1. The van der Waals surface area contributed by atoms with Gasteiger partial charge in [-0.25, -0.2) is 18.7 Å². The second-order valence-corrected chi connectivity index (χ2v) is 7.14. The number of nitrogens with zero attached hydrogens (tertiary/aromatic N) is 3. The summed E-state index contributed by atoms with van der Waals surface area (Å²) in [7, 11) is 0.